The molecule has 0 radical (unpaired) electrons. The molecule has 2 N–H and O–H groups in total. The van der Waals surface area contributed by atoms with E-state index >= 15 is 0 Å². The summed E-state index contributed by atoms with van der Waals surface area (Å²) in [6, 6.07) is 3.80. The maximum atomic E-state index is 10.2. The SMILES string of the molecule is Cc1cc(OC[C@@H](O)CNC(C)(C)CC(C)(C)C)cc(C)c1Cl. The van der Waals surface area contributed by atoms with E-state index < -0.39 is 6.10 Å². The van der Waals surface area contributed by atoms with E-state index in [9.17, 15) is 5.11 Å². The van der Waals surface area contributed by atoms with Crippen molar-refractivity contribution in [1.82, 2.24) is 5.32 Å². The van der Waals surface area contributed by atoms with Gasteiger partial charge >= 0.3 is 0 Å². The van der Waals surface area contributed by atoms with Gasteiger partial charge in [-0.15, -0.1) is 0 Å². The van der Waals surface area contributed by atoms with Crippen LogP contribution in [0.5, 0.6) is 5.75 Å². The molecule has 0 saturated heterocycles. The van der Waals surface area contributed by atoms with Crippen molar-refractivity contribution in [3.8, 4) is 5.75 Å². The van der Waals surface area contributed by atoms with Crippen molar-refractivity contribution >= 4 is 11.6 Å². The Balaban J connectivity index is 2.47. The lowest BCUT2D eigenvalue weighted by molar-refractivity contribution is 0.0943. The Morgan fingerprint density at radius 2 is 1.65 bits per heavy atom. The van der Waals surface area contributed by atoms with Gasteiger partial charge in [-0.3, -0.25) is 0 Å². The Labute approximate surface area is 146 Å². The second-order valence-corrected chi connectivity index (χ2v) is 8.72. The molecule has 1 aromatic rings. The van der Waals surface area contributed by atoms with Gasteiger partial charge in [0, 0.05) is 17.1 Å². The highest BCUT2D eigenvalue weighted by atomic mass is 35.5. The minimum absolute atomic E-state index is 0.0212. The molecule has 0 bridgehead atoms. The van der Waals surface area contributed by atoms with Crippen molar-refractivity contribution in [3.05, 3.63) is 28.3 Å². The number of ether oxygens (including phenoxy) is 1. The summed E-state index contributed by atoms with van der Waals surface area (Å²) in [6.45, 7) is 15.7. The molecule has 0 aromatic heterocycles. The van der Waals surface area contributed by atoms with E-state index in [0.717, 1.165) is 28.3 Å². The van der Waals surface area contributed by atoms with Gasteiger partial charge in [-0.05, 0) is 62.8 Å². The van der Waals surface area contributed by atoms with Crippen LogP contribution in [-0.4, -0.2) is 29.9 Å². The van der Waals surface area contributed by atoms with E-state index in [2.05, 4.69) is 39.9 Å². The van der Waals surface area contributed by atoms with Crippen LogP contribution in [0.4, 0.5) is 0 Å². The maximum Gasteiger partial charge on any atom is 0.120 e. The number of nitrogens with one attached hydrogen (secondary N) is 1. The van der Waals surface area contributed by atoms with Crippen molar-refractivity contribution in [2.24, 2.45) is 5.41 Å². The molecule has 0 fully saturated rings. The minimum atomic E-state index is -0.550. The largest absolute Gasteiger partial charge is 0.491 e. The fraction of sp³-hybridized carbons (Fsp3) is 0.684. The Bertz CT molecular complexity index is 498. The van der Waals surface area contributed by atoms with Gasteiger partial charge in [0.2, 0.25) is 0 Å². The smallest absolute Gasteiger partial charge is 0.120 e. The monoisotopic (exact) mass is 341 g/mol. The van der Waals surface area contributed by atoms with Gasteiger partial charge in [0.05, 0.1) is 0 Å². The Hall–Kier alpha value is -0.770. The number of halogens is 1. The van der Waals surface area contributed by atoms with Gasteiger partial charge in [0.15, 0.2) is 0 Å². The van der Waals surface area contributed by atoms with E-state index in [1.54, 1.807) is 0 Å². The molecule has 0 amide bonds. The Morgan fingerprint density at radius 1 is 1.13 bits per heavy atom. The standard InChI is InChI=1S/C19H32ClNO2/c1-13-8-16(9-14(2)17(13)20)23-11-15(22)10-21-19(6,7)12-18(3,4)5/h8-9,15,21-22H,10-12H2,1-7H3/t15-/m0/s1. The molecule has 132 valence electrons. The first kappa shape index (κ1) is 20.3. The third kappa shape index (κ3) is 7.56. The molecule has 0 spiro atoms. The summed E-state index contributed by atoms with van der Waals surface area (Å²) in [4.78, 5) is 0. The van der Waals surface area contributed by atoms with Gasteiger partial charge in [0.25, 0.3) is 0 Å². The Morgan fingerprint density at radius 3 is 2.13 bits per heavy atom. The van der Waals surface area contributed by atoms with Crippen LogP contribution in [0.15, 0.2) is 12.1 Å². The molecule has 4 heteroatoms. The normalized spacial score (nSPS) is 14.0. The molecule has 1 aromatic carbocycles. The molecular weight excluding hydrogens is 310 g/mol. The first-order valence-corrected chi connectivity index (χ1v) is 8.60. The minimum Gasteiger partial charge on any atom is -0.491 e. The first-order chi connectivity index (χ1) is 10.4. The fourth-order valence-electron chi connectivity index (χ4n) is 3.02. The zero-order valence-electron chi connectivity index (χ0n) is 15.6. The quantitative estimate of drug-likeness (QED) is 0.767. The lowest BCUT2D eigenvalue weighted by Crippen LogP contribution is -2.46. The van der Waals surface area contributed by atoms with E-state index in [4.69, 9.17) is 16.3 Å². The summed E-state index contributed by atoms with van der Waals surface area (Å²) in [5.74, 6) is 0.748. The number of β-amino-alcohol motifs (C(OH)–C–C–N with tert-alkyl or cyclic N) is 1. The second-order valence-electron chi connectivity index (χ2n) is 8.34. The second kappa shape index (κ2) is 7.87. The van der Waals surface area contributed by atoms with Gasteiger partial charge in [-0.1, -0.05) is 32.4 Å². The number of rotatable bonds is 7. The number of aliphatic hydroxyl groups is 1. The molecule has 0 aliphatic rings. The van der Waals surface area contributed by atoms with Crippen molar-refractivity contribution in [2.45, 2.75) is 66.5 Å². The van der Waals surface area contributed by atoms with Crippen LogP contribution in [0, 0.1) is 19.3 Å². The lowest BCUT2D eigenvalue weighted by Gasteiger charge is -2.34. The maximum absolute atomic E-state index is 10.2. The summed E-state index contributed by atoms with van der Waals surface area (Å²) in [5.41, 5.74) is 2.20. The van der Waals surface area contributed by atoms with Crippen LogP contribution in [0.2, 0.25) is 5.02 Å². The fourth-order valence-corrected chi connectivity index (χ4v) is 3.13. The topological polar surface area (TPSA) is 41.5 Å². The van der Waals surface area contributed by atoms with E-state index in [-0.39, 0.29) is 17.6 Å². The summed E-state index contributed by atoms with van der Waals surface area (Å²) in [5, 5.41) is 14.4. The van der Waals surface area contributed by atoms with E-state index in [0.29, 0.717) is 6.54 Å². The predicted molar refractivity (Wildman–Crippen MR) is 98.6 cm³/mol. The molecule has 0 aliphatic carbocycles. The molecule has 1 atom stereocenters. The average Bonchev–Trinajstić information content (AvgIpc) is 2.37. The predicted octanol–water partition coefficient (Wildman–Crippen LogP) is 4.50. The van der Waals surface area contributed by atoms with Crippen LogP contribution in [0.25, 0.3) is 0 Å². The van der Waals surface area contributed by atoms with Gasteiger partial charge in [-0.2, -0.15) is 0 Å². The number of aryl methyl sites for hydroxylation is 2. The molecule has 23 heavy (non-hydrogen) atoms. The zero-order valence-corrected chi connectivity index (χ0v) is 16.3. The number of benzene rings is 1. The van der Waals surface area contributed by atoms with Crippen molar-refractivity contribution in [3.63, 3.8) is 0 Å². The third-order valence-corrected chi connectivity index (χ3v) is 4.24. The lowest BCUT2D eigenvalue weighted by atomic mass is 9.82. The molecule has 0 unspecified atom stereocenters. The molecule has 0 saturated carbocycles. The van der Waals surface area contributed by atoms with E-state index in [1.165, 1.54) is 0 Å². The molecule has 1 rings (SSSR count). The van der Waals surface area contributed by atoms with Crippen LogP contribution in [-0.2, 0) is 0 Å². The summed E-state index contributed by atoms with van der Waals surface area (Å²) >= 11 is 6.15. The number of aliphatic hydroxyl groups excluding tert-OH is 1. The highest BCUT2D eigenvalue weighted by molar-refractivity contribution is 6.32. The van der Waals surface area contributed by atoms with Crippen molar-refractivity contribution < 1.29 is 9.84 Å². The molecule has 0 aliphatic heterocycles. The third-order valence-electron chi connectivity index (χ3n) is 3.64. The molecule has 3 nitrogen and oxygen atoms in total. The van der Waals surface area contributed by atoms with Crippen LogP contribution in [0.1, 0.15) is 52.2 Å². The number of hydrogen-bond acceptors (Lipinski definition) is 3. The summed E-state index contributed by atoms with van der Waals surface area (Å²) < 4.78 is 5.70. The summed E-state index contributed by atoms with van der Waals surface area (Å²) in [6.07, 6.45) is 0.480. The number of hydrogen-bond donors (Lipinski definition) is 2. The first-order valence-electron chi connectivity index (χ1n) is 8.22. The molecular formula is C19H32ClNO2. The van der Waals surface area contributed by atoms with Crippen molar-refractivity contribution in [1.29, 1.82) is 0 Å². The highest BCUT2D eigenvalue weighted by Crippen LogP contribution is 2.27. The van der Waals surface area contributed by atoms with Crippen molar-refractivity contribution in [2.75, 3.05) is 13.2 Å². The van der Waals surface area contributed by atoms with Crippen LogP contribution < -0.4 is 10.1 Å². The average molecular weight is 342 g/mol. The Kier molecular flexibility index (Phi) is 6.94. The zero-order chi connectivity index (χ0) is 17.8. The van der Waals surface area contributed by atoms with Crippen LogP contribution in [0.3, 0.4) is 0 Å². The van der Waals surface area contributed by atoms with E-state index in [1.807, 2.05) is 26.0 Å². The summed E-state index contributed by atoms with van der Waals surface area (Å²) in [7, 11) is 0. The van der Waals surface area contributed by atoms with Gasteiger partial charge in [-0.25, -0.2) is 0 Å². The van der Waals surface area contributed by atoms with Gasteiger partial charge < -0.3 is 15.2 Å². The molecule has 0 heterocycles. The highest BCUT2D eigenvalue weighted by Gasteiger charge is 2.25. The van der Waals surface area contributed by atoms with Crippen LogP contribution >= 0.6 is 11.6 Å². The van der Waals surface area contributed by atoms with Gasteiger partial charge in [0.1, 0.15) is 18.5 Å².